The molecule has 0 bridgehead atoms. The van der Waals surface area contributed by atoms with E-state index in [1.54, 1.807) is 25.1 Å². The molecule has 0 N–H and O–H groups in total. The first-order valence-electron chi connectivity index (χ1n) is 5.52. The summed E-state index contributed by atoms with van der Waals surface area (Å²) in [6.45, 7) is 1.81. The summed E-state index contributed by atoms with van der Waals surface area (Å²) >= 11 is 5.90. The smallest absolute Gasteiger partial charge is 0.373 e. The van der Waals surface area contributed by atoms with Crippen LogP contribution >= 0.6 is 11.6 Å². The number of carbonyl (C=O) groups is 2. The Balaban J connectivity index is 2.31. The Kier molecular flexibility index (Phi) is 3.71. The molecule has 0 saturated carbocycles. The molecule has 0 unspecified atom stereocenters. The molecule has 0 aliphatic heterocycles. The fraction of sp³-hybridized carbons (Fsp3) is 0.143. The molecule has 0 fully saturated rings. The number of hydrogen-bond donors (Lipinski definition) is 0. The molecule has 98 valence electrons. The SMILES string of the molecule is COC(=O)c1ccc(C(=O)c2ccc(Cl)c(C)c2)o1. The van der Waals surface area contributed by atoms with E-state index in [9.17, 15) is 9.59 Å². The normalized spacial score (nSPS) is 10.3. The topological polar surface area (TPSA) is 56.5 Å². The zero-order chi connectivity index (χ0) is 14.0. The zero-order valence-electron chi connectivity index (χ0n) is 10.4. The second-order valence-corrected chi connectivity index (χ2v) is 4.36. The molecule has 1 aromatic heterocycles. The lowest BCUT2D eigenvalue weighted by Crippen LogP contribution is -2.01. The molecular weight excluding hydrogens is 268 g/mol. The Bertz CT molecular complexity index is 643. The van der Waals surface area contributed by atoms with Gasteiger partial charge in [0.25, 0.3) is 0 Å². The summed E-state index contributed by atoms with van der Waals surface area (Å²) in [5, 5.41) is 0.589. The Labute approximate surface area is 114 Å². The first kappa shape index (κ1) is 13.4. The van der Waals surface area contributed by atoms with Gasteiger partial charge in [-0.15, -0.1) is 0 Å². The van der Waals surface area contributed by atoms with Crippen LogP contribution in [0.1, 0.15) is 32.2 Å². The second-order valence-electron chi connectivity index (χ2n) is 3.95. The molecule has 5 heteroatoms. The van der Waals surface area contributed by atoms with E-state index in [1.165, 1.54) is 19.2 Å². The van der Waals surface area contributed by atoms with Gasteiger partial charge in [0.2, 0.25) is 11.5 Å². The first-order chi connectivity index (χ1) is 9.02. The number of hydrogen-bond acceptors (Lipinski definition) is 4. The van der Waals surface area contributed by atoms with Crippen LogP contribution in [0.2, 0.25) is 5.02 Å². The van der Waals surface area contributed by atoms with Crippen molar-refractivity contribution in [1.82, 2.24) is 0 Å². The molecule has 0 saturated heterocycles. The van der Waals surface area contributed by atoms with Gasteiger partial charge in [0.15, 0.2) is 5.76 Å². The minimum atomic E-state index is -0.619. The number of methoxy groups -OCH3 is 1. The Hall–Kier alpha value is -2.07. The molecule has 4 nitrogen and oxygen atoms in total. The Morgan fingerprint density at radius 1 is 1.16 bits per heavy atom. The number of aryl methyl sites for hydroxylation is 1. The summed E-state index contributed by atoms with van der Waals surface area (Å²) in [7, 11) is 1.24. The molecule has 1 heterocycles. The lowest BCUT2D eigenvalue weighted by atomic mass is 10.1. The molecule has 0 aliphatic carbocycles. The molecule has 0 amide bonds. The number of furan rings is 1. The maximum Gasteiger partial charge on any atom is 0.373 e. The number of benzene rings is 1. The van der Waals surface area contributed by atoms with Gasteiger partial charge in [0.05, 0.1) is 7.11 Å². The fourth-order valence-electron chi connectivity index (χ4n) is 1.60. The maximum atomic E-state index is 12.1. The summed E-state index contributed by atoms with van der Waals surface area (Å²) in [6.07, 6.45) is 0. The summed E-state index contributed by atoms with van der Waals surface area (Å²) in [5.41, 5.74) is 1.25. The molecule has 19 heavy (non-hydrogen) atoms. The molecule has 0 aliphatic rings. The average molecular weight is 279 g/mol. The van der Waals surface area contributed by atoms with Gasteiger partial charge < -0.3 is 9.15 Å². The van der Waals surface area contributed by atoms with Crippen molar-refractivity contribution in [1.29, 1.82) is 0 Å². The zero-order valence-corrected chi connectivity index (χ0v) is 11.2. The molecule has 0 atom stereocenters. The first-order valence-corrected chi connectivity index (χ1v) is 5.89. The predicted octanol–water partition coefficient (Wildman–Crippen LogP) is 3.26. The molecule has 0 radical (unpaired) electrons. The van der Waals surface area contributed by atoms with Crippen LogP contribution in [0.5, 0.6) is 0 Å². The van der Waals surface area contributed by atoms with Crippen molar-refractivity contribution in [3.05, 3.63) is 58.0 Å². The van der Waals surface area contributed by atoms with Crippen LogP contribution in [-0.4, -0.2) is 18.9 Å². The number of esters is 1. The van der Waals surface area contributed by atoms with Crippen LogP contribution in [-0.2, 0) is 4.74 Å². The van der Waals surface area contributed by atoms with E-state index in [0.29, 0.717) is 10.6 Å². The highest BCUT2D eigenvalue weighted by Crippen LogP contribution is 2.19. The van der Waals surface area contributed by atoms with E-state index in [1.807, 2.05) is 0 Å². The largest absolute Gasteiger partial charge is 0.463 e. The number of carbonyl (C=O) groups excluding carboxylic acids is 2. The molecule has 2 aromatic rings. The van der Waals surface area contributed by atoms with E-state index in [0.717, 1.165) is 5.56 Å². The molecular formula is C14H11ClO4. The van der Waals surface area contributed by atoms with Crippen molar-refractivity contribution in [3.8, 4) is 0 Å². The second kappa shape index (κ2) is 5.28. The lowest BCUT2D eigenvalue weighted by molar-refractivity contribution is 0.0563. The molecule has 1 aromatic carbocycles. The van der Waals surface area contributed by atoms with Crippen LogP contribution in [0, 0.1) is 6.92 Å². The Morgan fingerprint density at radius 3 is 2.47 bits per heavy atom. The molecule has 0 spiro atoms. The highest BCUT2D eigenvalue weighted by atomic mass is 35.5. The number of ketones is 1. The van der Waals surface area contributed by atoms with E-state index >= 15 is 0 Å². The van der Waals surface area contributed by atoms with Crippen LogP contribution in [0.25, 0.3) is 0 Å². The van der Waals surface area contributed by atoms with E-state index < -0.39 is 5.97 Å². The van der Waals surface area contributed by atoms with Crippen molar-refractivity contribution < 1.29 is 18.7 Å². The van der Waals surface area contributed by atoms with Gasteiger partial charge in [-0.2, -0.15) is 0 Å². The maximum absolute atomic E-state index is 12.1. The predicted molar refractivity (Wildman–Crippen MR) is 69.7 cm³/mol. The van der Waals surface area contributed by atoms with Gasteiger partial charge in [-0.1, -0.05) is 11.6 Å². The third-order valence-electron chi connectivity index (χ3n) is 2.64. The monoisotopic (exact) mass is 278 g/mol. The van der Waals surface area contributed by atoms with E-state index in [4.69, 9.17) is 16.0 Å². The minimum Gasteiger partial charge on any atom is -0.463 e. The summed E-state index contributed by atoms with van der Waals surface area (Å²) in [4.78, 5) is 23.4. The van der Waals surface area contributed by atoms with E-state index in [2.05, 4.69) is 4.74 Å². The van der Waals surface area contributed by atoms with Crippen LogP contribution in [0.4, 0.5) is 0 Å². The van der Waals surface area contributed by atoms with Crippen molar-refractivity contribution in [3.63, 3.8) is 0 Å². The van der Waals surface area contributed by atoms with Crippen LogP contribution in [0.3, 0.4) is 0 Å². The summed E-state index contributed by atoms with van der Waals surface area (Å²) in [5.74, 6) is -0.847. The summed E-state index contributed by atoms with van der Waals surface area (Å²) < 4.78 is 9.67. The van der Waals surface area contributed by atoms with Gasteiger partial charge in [0, 0.05) is 10.6 Å². The van der Waals surface area contributed by atoms with Crippen molar-refractivity contribution in [2.45, 2.75) is 6.92 Å². The average Bonchev–Trinajstić information content (AvgIpc) is 2.89. The highest BCUT2D eigenvalue weighted by molar-refractivity contribution is 6.31. The molecule has 2 rings (SSSR count). The van der Waals surface area contributed by atoms with Crippen LogP contribution in [0.15, 0.2) is 34.7 Å². The minimum absolute atomic E-state index is 0.00321. The third-order valence-corrected chi connectivity index (χ3v) is 3.06. The fourth-order valence-corrected chi connectivity index (χ4v) is 1.72. The Morgan fingerprint density at radius 2 is 1.84 bits per heavy atom. The van der Waals surface area contributed by atoms with E-state index in [-0.39, 0.29) is 17.3 Å². The van der Waals surface area contributed by atoms with Crippen molar-refractivity contribution >= 4 is 23.4 Å². The van der Waals surface area contributed by atoms with Gasteiger partial charge >= 0.3 is 5.97 Å². The number of rotatable bonds is 3. The number of ether oxygens (including phenoxy) is 1. The van der Waals surface area contributed by atoms with Crippen molar-refractivity contribution in [2.24, 2.45) is 0 Å². The van der Waals surface area contributed by atoms with Gasteiger partial charge in [-0.25, -0.2) is 4.79 Å². The highest BCUT2D eigenvalue weighted by Gasteiger charge is 2.17. The van der Waals surface area contributed by atoms with Gasteiger partial charge in [0.1, 0.15) is 0 Å². The van der Waals surface area contributed by atoms with Crippen molar-refractivity contribution in [2.75, 3.05) is 7.11 Å². The standard InChI is InChI=1S/C14H11ClO4/c1-8-7-9(3-4-10(8)15)13(16)11-5-6-12(19-11)14(17)18-2/h3-7H,1-2H3. The lowest BCUT2D eigenvalue weighted by Gasteiger charge is -2.01. The summed E-state index contributed by atoms with van der Waals surface area (Å²) in [6, 6.07) is 7.78. The number of halogens is 1. The van der Waals surface area contributed by atoms with Gasteiger partial charge in [-0.05, 0) is 42.8 Å². The quantitative estimate of drug-likeness (QED) is 0.639. The van der Waals surface area contributed by atoms with Gasteiger partial charge in [-0.3, -0.25) is 4.79 Å². The third kappa shape index (κ3) is 2.69. The van der Waals surface area contributed by atoms with Crippen LogP contribution < -0.4 is 0 Å².